The number of carboxylic acids is 1. The van der Waals surface area contributed by atoms with Crippen molar-refractivity contribution >= 4 is 21.7 Å². The van der Waals surface area contributed by atoms with E-state index in [-0.39, 0.29) is 27.9 Å². The van der Waals surface area contributed by atoms with Crippen molar-refractivity contribution in [2.45, 2.75) is 24.7 Å². The monoisotopic (exact) mass is 429 g/mol. The van der Waals surface area contributed by atoms with Crippen LogP contribution in [0.1, 0.15) is 35.8 Å². The maximum Gasteiger partial charge on any atom is 0.358 e. The lowest BCUT2D eigenvalue weighted by Crippen LogP contribution is -2.17. The molecule has 0 unspecified atom stereocenters. The maximum atomic E-state index is 12.8. The highest BCUT2D eigenvalue weighted by Gasteiger charge is 2.21. The van der Waals surface area contributed by atoms with Crippen LogP contribution in [0, 0.1) is 0 Å². The van der Waals surface area contributed by atoms with Gasteiger partial charge in [-0.1, -0.05) is 38.1 Å². The highest BCUT2D eigenvalue weighted by Crippen LogP contribution is 2.28. The lowest BCUT2D eigenvalue weighted by atomic mass is 10.0. The average molecular weight is 429 g/mol. The summed E-state index contributed by atoms with van der Waals surface area (Å²) in [6, 6.07) is 12.5. The number of anilines is 1. The summed E-state index contributed by atoms with van der Waals surface area (Å²) >= 11 is 0. The molecule has 9 nitrogen and oxygen atoms in total. The second kappa shape index (κ2) is 7.99. The fourth-order valence-corrected chi connectivity index (χ4v) is 3.84. The van der Waals surface area contributed by atoms with Crippen molar-refractivity contribution in [1.29, 1.82) is 0 Å². The van der Waals surface area contributed by atoms with Gasteiger partial charge in [0.05, 0.1) is 10.6 Å². The van der Waals surface area contributed by atoms with Crippen LogP contribution in [0.5, 0.6) is 5.75 Å². The predicted molar refractivity (Wildman–Crippen MR) is 110 cm³/mol. The zero-order valence-corrected chi connectivity index (χ0v) is 16.9. The van der Waals surface area contributed by atoms with Crippen LogP contribution in [0.2, 0.25) is 0 Å². The molecule has 30 heavy (non-hydrogen) atoms. The third-order valence-corrected chi connectivity index (χ3v) is 5.76. The Labute approximate surface area is 172 Å². The van der Waals surface area contributed by atoms with Crippen LogP contribution >= 0.6 is 0 Å². The van der Waals surface area contributed by atoms with Gasteiger partial charge in [0, 0.05) is 5.56 Å². The van der Waals surface area contributed by atoms with Crippen LogP contribution in [0.3, 0.4) is 0 Å². The molecule has 2 aromatic carbocycles. The summed E-state index contributed by atoms with van der Waals surface area (Å²) in [7, 11) is -3.97. The lowest BCUT2D eigenvalue weighted by molar-refractivity contribution is 0.0686. The number of carbonyl (C=O) groups is 1. The lowest BCUT2D eigenvalue weighted by Gasteiger charge is -2.13. The Kier molecular flexibility index (Phi) is 5.61. The highest BCUT2D eigenvalue weighted by atomic mass is 32.2. The maximum absolute atomic E-state index is 12.8. The molecule has 3 rings (SSSR count). The summed E-state index contributed by atoms with van der Waals surface area (Å²) in [5.41, 5.74) is -0.688. The Balaban J connectivity index is 2.04. The molecule has 0 fully saturated rings. The summed E-state index contributed by atoms with van der Waals surface area (Å²) in [4.78, 5) is 29.2. The van der Waals surface area contributed by atoms with Crippen molar-refractivity contribution in [1.82, 2.24) is 9.97 Å². The smallest absolute Gasteiger partial charge is 0.358 e. The molecular formula is C20H19N3O6S. The molecule has 0 amide bonds. The molecule has 0 radical (unpaired) electrons. The van der Waals surface area contributed by atoms with E-state index in [1.54, 1.807) is 24.3 Å². The zero-order chi connectivity index (χ0) is 22.1. The molecule has 0 bridgehead atoms. The number of para-hydroxylation sites is 1. The van der Waals surface area contributed by atoms with E-state index in [0.29, 0.717) is 0 Å². The number of H-pyrrole nitrogens is 1. The number of nitrogens with zero attached hydrogens (tertiary/aromatic N) is 1. The molecule has 156 valence electrons. The summed E-state index contributed by atoms with van der Waals surface area (Å²) in [5.74, 6) is -2.59. The summed E-state index contributed by atoms with van der Waals surface area (Å²) in [5, 5.41) is 18.7. The Morgan fingerprint density at radius 2 is 1.73 bits per heavy atom. The number of carboxylic acid groups (broad SMARTS) is 1. The first-order valence-corrected chi connectivity index (χ1v) is 10.4. The van der Waals surface area contributed by atoms with Gasteiger partial charge in [0.25, 0.3) is 15.6 Å². The van der Waals surface area contributed by atoms with E-state index >= 15 is 0 Å². The van der Waals surface area contributed by atoms with E-state index in [4.69, 9.17) is 5.11 Å². The van der Waals surface area contributed by atoms with E-state index in [9.17, 15) is 23.1 Å². The van der Waals surface area contributed by atoms with E-state index in [2.05, 4.69) is 14.7 Å². The second-order valence-corrected chi connectivity index (χ2v) is 8.47. The number of rotatable bonds is 6. The topological polar surface area (TPSA) is 149 Å². The number of aromatic amines is 1. The first-order valence-electron chi connectivity index (χ1n) is 8.89. The number of sulfonamides is 1. The van der Waals surface area contributed by atoms with Crippen LogP contribution in [-0.4, -0.2) is 34.6 Å². The molecule has 0 aliphatic rings. The fraction of sp³-hybridized carbons (Fsp3) is 0.150. The van der Waals surface area contributed by atoms with Crippen molar-refractivity contribution in [3.05, 3.63) is 70.1 Å². The SMILES string of the molecule is CC(C)c1ccc(S(=O)(=O)Nc2ccccc2-c2nc(C(=O)O)c(O)c(=O)[nH]2)cc1. The van der Waals surface area contributed by atoms with Gasteiger partial charge < -0.3 is 15.2 Å². The highest BCUT2D eigenvalue weighted by molar-refractivity contribution is 7.92. The number of nitrogens with one attached hydrogen (secondary N) is 2. The molecular weight excluding hydrogens is 410 g/mol. The van der Waals surface area contributed by atoms with Gasteiger partial charge in [-0.15, -0.1) is 0 Å². The Morgan fingerprint density at radius 3 is 2.33 bits per heavy atom. The van der Waals surface area contributed by atoms with Crippen molar-refractivity contribution in [2.24, 2.45) is 0 Å². The molecule has 10 heteroatoms. The standard InChI is InChI=1S/C20H19N3O6S/c1-11(2)12-7-9-13(10-8-12)30(28,29)23-15-6-4-3-5-14(15)18-21-16(20(26)27)17(24)19(25)22-18/h3-11,23-24H,1-2H3,(H,26,27)(H,21,22,25). The minimum atomic E-state index is -3.97. The first kappa shape index (κ1) is 21.1. The molecule has 3 aromatic rings. The quantitative estimate of drug-likeness (QED) is 0.470. The van der Waals surface area contributed by atoms with Gasteiger partial charge in [-0.3, -0.25) is 9.52 Å². The molecule has 1 heterocycles. The normalized spacial score (nSPS) is 11.4. The number of aromatic hydroxyl groups is 1. The fourth-order valence-electron chi connectivity index (χ4n) is 2.76. The summed E-state index contributed by atoms with van der Waals surface area (Å²) in [6.07, 6.45) is 0. The van der Waals surface area contributed by atoms with Crippen molar-refractivity contribution in [2.75, 3.05) is 4.72 Å². The van der Waals surface area contributed by atoms with Crippen molar-refractivity contribution < 1.29 is 23.4 Å². The number of aromatic carboxylic acids is 1. The van der Waals surface area contributed by atoms with Gasteiger partial charge in [0.15, 0.2) is 5.69 Å². The van der Waals surface area contributed by atoms with Gasteiger partial charge in [-0.25, -0.2) is 18.2 Å². The number of benzene rings is 2. The minimum Gasteiger partial charge on any atom is -0.501 e. The van der Waals surface area contributed by atoms with E-state index in [0.717, 1.165) is 5.56 Å². The van der Waals surface area contributed by atoms with Gasteiger partial charge >= 0.3 is 5.97 Å². The number of aromatic nitrogens is 2. The molecule has 0 spiro atoms. The predicted octanol–water partition coefficient (Wildman–Crippen LogP) is 2.76. The molecule has 1 aromatic heterocycles. The van der Waals surface area contributed by atoms with Crippen molar-refractivity contribution in [3.8, 4) is 17.1 Å². The Hall–Kier alpha value is -3.66. The van der Waals surface area contributed by atoms with E-state index < -0.39 is 33.0 Å². The van der Waals surface area contributed by atoms with Gasteiger partial charge in [0.2, 0.25) is 5.75 Å². The van der Waals surface area contributed by atoms with Crippen LogP contribution in [0.15, 0.2) is 58.2 Å². The van der Waals surface area contributed by atoms with Crippen LogP contribution in [0.4, 0.5) is 5.69 Å². The Morgan fingerprint density at radius 1 is 1.10 bits per heavy atom. The minimum absolute atomic E-state index is 0.0417. The molecule has 0 saturated heterocycles. The summed E-state index contributed by atoms with van der Waals surface area (Å²) < 4.78 is 28.1. The van der Waals surface area contributed by atoms with E-state index in [1.807, 2.05) is 13.8 Å². The van der Waals surface area contributed by atoms with Gasteiger partial charge in [-0.05, 0) is 35.7 Å². The van der Waals surface area contributed by atoms with Crippen LogP contribution < -0.4 is 10.3 Å². The van der Waals surface area contributed by atoms with Crippen LogP contribution in [-0.2, 0) is 10.0 Å². The largest absolute Gasteiger partial charge is 0.501 e. The van der Waals surface area contributed by atoms with Gasteiger partial charge in [-0.2, -0.15) is 0 Å². The molecule has 0 aliphatic carbocycles. The third-order valence-electron chi connectivity index (χ3n) is 4.38. The second-order valence-electron chi connectivity index (χ2n) is 6.79. The van der Waals surface area contributed by atoms with Gasteiger partial charge in [0.1, 0.15) is 5.82 Å². The zero-order valence-electron chi connectivity index (χ0n) is 16.1. The van der Waals surface area contributed by atoms with E-state index in [1.165, 1.54) is 24.3 Å². The third kappa shape index (κ3) is 4.18. The van der Waals surface area contributed by atoms with Crippen LogP contribution in [0.25, 0.3) is 11.4 Å². The molecule has 0 aliphatic heterocycles. The Bertz CT molecular complexity index is 1260. The molecule has 0 atom stereocenters. The number of hydrogen-bond donors (Lipinski definition) is 4. The number of hydrogen-bond acceptors (Lipinski definition) is 6. The summed E-state index contributed by atoms with van der Waals surface area (Å²) in [6.45, 7) is 3.99. The van der Waals surface area contributed by atoms with Crippen molar-refractivity contribution in [3.63, 3.8) is 0 Å². The molecule has 0 saturated carbocycles. The average Bonchev–Trinajstić information content (AvgIpc) is 2.70. The first-order chi connectivity index (χ1) is 14.1. The molecule has 4 N–H and O–H groups in total.